The molecule has 0 saturated heterocycles. The Morgan fingerprint density at radius 3 is 2.70 bits per heavy atom. The molecular weight excluding hydrogens is 366 g/mol. The van der Waals surface area contributed by atoms with Crippen molar-refractivity contribution in [3.8, 4) is 0 Å². The van der Waals surface area contributed by atoms with Gasteiger partial charge in [-0.15, -0.1) is 5.10 Å². The minimum Gasteiger partial charge on any atom is -0.465 e. The van der Waals surface area contributed by atoms with E-state index in [9.17, 15) is 4.79 Å². The summed E-state index contributed by atoms with van der Waals surface area (Å²) in [5, 5.41) is 14.8. The molecule has 0 saturated carbocycles. The maximum absolute atomic E-state index is 11.9. The maximum Gasteiger partial charge on any atom is 0.339 e. The highest BCUT2D eigenvalue weighted by Crippen LogP contribution is 2.20. The molecule has 2 N–H and O–H groups in total. The number of nitrogens with one attached hydrogen (secondary N) is 2. The fourth-order valence-electron chi connectivity index (χ4n) is 2.43. The zero-order chi connectivity index (χ0) is 19.1. The number of rotatable bonds is 7. The molecule has 138 valence electrons. The highest BCUT2D eigenvalue weighted by molar-refractivity contribution is 6.30. The maximum atomic E-state index is 11.9. The molecule has 1 heterocycles. The number of carbonyl (C=O) groups is 1. The molecule has 0 bridgehead atoms. The first-order valence-electron chi connectivity index (χ1n) is 8.28. The van der Waals surface area contributed by atoms with Crippen LogP contribution in [0.3, 0.4) is 0 Å². The number of benzene rings is 2. The number of esters is 1. The molecule has 0 spiro atoms. The van der Waals surface area contributed by atoms with Gasteiger partial charge in [-0.3, -0.25) is 0 Å². The van der Waals surface area contributed by atoms with Gasteiger partial charge in [-0.2, -0.15) is 10.1 Å². The van der Waals surface area contributed by atoms with Crippen molar-refractivity contribution in [2.75, 3.05) is 24.3 Å². The van der Waals surface area contributed by atoms with Gasteiger partial charge in [0.1, 0.15) is 0 Å². The Bertz CT molecular complexity index is 918. The van der Waals surface area contributed by atoms with Crippen LogP contribution < -0.4 is 10.6 Å². The molecule has 2 aromatic carbocycles. The van der Waals surface area contributed by atoms with Crippen molar-refractivity contribution in [2.24, 2.45) is 0 Å². The number of ether oxygens (including phenoxy) is 1. The molecular formula is C19H18ClN5O2. The molecule has 0 unspecified atom stereocenters. The van der Waals surface area contributed by atoms with Crippen LogP contribution in [0.4, 0.5) is 17.5 Å². The van der Waals surface area contributed by atoms with Gasteiger partial charge in [0.15, 0.2) is 5.82 Å². The van der Waals surface area contributed by atoms with Crippen LogP contribution in [0.5, 0.6) is 0 Å². The van der Waals surface area contributed by atoms with E-state index in [1.165, 1.54) is 13.3 Å². The third kappa shape index (κ3) is 5.15. The number of hydrogen-bond acceptors (Lipinski definition) is 7. The molecule has 8 heteroatoms. The Morgan fingerprint density at radius 2 is 1.93 bits per heavy atom. The van der Waals surface area contributed by atoms with Crippen LogP contribution in [0.2, 0.25) is 5.02 Å². The minimum absolute atomic E-state index is 0.393. The minimum atomic E-state index is -0.429. The van der Waals surface area contributed by atoms with Crippen molar-refractivity contribution in [3.05, 3.63) is 70.9 Å². The number of halogens is 1. The largest absolute Gasteiger partial charge is 0.465 e. The summed E-state index contributed by atoms with van der Waals surface area (Å²) in [6.07, 6.45) is 2.28. The average molecular weight is 384 g/mol. The van der Waals surface area contributed by atoms with Crippen molar-refractivity contribution < 1.29 is 9.53 Å². The zero-order valence-electron chi connectivity index (χ0n) is 14.6. The van der Waals surface area contributed by atoms with Gasteiger partial charge in [0.25, 0.3) is 0 Å². The first-order chi connectivity index (χ1) is 13.2. The van der Waals surface area contributed by atoms with Gasteiger partial charge in [0.05, 0.1) is 24.6 Å². The highest BCUT2D eigenvalue weighted by atomic mass is 35.5. The fourth-order valence-corrected chi connectivity index (χ4v) is 2.55. The first kappa shape index (κ1) is 18.6. The number of anilines is 3. The van der Waals surface area contributed by atoms with Crippen LogP contribution in [-0.4, -0.2) is 34.8 Å². The zero-order valence-corrected chi connectivity index (χ0v) is 15.4. The molecule has 7 nitrogen and oxygen atoms in total. The Hall–Kier alpha value is -3.19. The summed E-state index contributed by atoms with van der Waals surface area (Å²) in [6.45, 7) is 0.644. The van der Waals surface area contributed by atoms with Gasteiger partial charge in [-0.1, -0.05) is 35.9 Å². The van der Waals surface area contributed by atoms with Gasteiger partial charge in [0.2, 0.25) is 5.95 Å². The lowest BCUT2D eigenvalue weighted by atomic mass is 10.1. The van der Waals surface area contributed by atoms with Gasteiger partial charge in [0, 0.05) is 11.6 Å². The van der Waals surface area contributed by atoms with Gasteiger partial charge >= 0.3 is 5.97 Å². The van der Waals surface area contributed by atoms with E-state index >= 15 is 0 Å². The second-order valence-corrected chi connectivity index (χ2v) is 6.07. The predicted molar refractivity (Wildman–Crippen MR) is 105 cm³/mol. The molecule has 0 aliphatic rings. The van der Waals surface area contributed by atoms with E-state index in [1.54, 1.807) is 18.2 Å². The van der Waals surface area contributed by atoms with E-state index in [-0.39, 0.29) is 0 Å². The van der Waals surface area contributed by atoms with Gasteiger partial charge < -0.3 is 15.4 Å². The summed E-state index contributed by atoms with van der Waals surface area (Å²) in [5.74, 6) is 0.432. The van der Waals surface area contributed by atoms with E-state index in [1.807, 2.05) is 30.3 Å². The van der Waals surface area contributed by atoms with E-state index < -0.39 is 5.97 Å². The lowest BCUT2D eigenvalue weighted by Crippen LogP contribution is -2.10. The SMILES string of the molecule is COC(=O)c1ccccc1Nc1cnnc(NCCc2ccc(Cl)cc2)n1. The Kier molecular flexibility index (Phi) is 6.17. The van der Waals surface area contributed by atoms with Crippen LogP contribution in [0.1, 0.15) is 15.9 Å². The second-order valence-electron chi connectivity index (χ2n) is 5.63. The summed E-state index contributed by atoms with van der Waals surface area (Å²) in [6, 6.07) is 14.7. The van der Waals surface area contributed by atoms with Crippen LogP contribution in [0, 0.1) is 0 Å². The molecule has 0 aliphatic heterocycles. The van der Waals surface area contributed by atoms with Crippen LogP contribution in [0.15, 0.2) is 54.7 Å². The number of methoxy groups -OCH3 is 1. The number of nitrogens with zero attached hydrogens (tertiary/aromatic N) is 3. The predicted octanol–water partition coefficient (Wildman–Crippen LogP) is 3.71. The first-order valence-corrected chi connectivity index (χ1v) is 8.66. The summed E-state index contributed by atoms with van der Waals surface area (Å²) >= 11 is 5.89. The quantitative estimate of drug-likeness (QED) is 0.601. The number of carbonyl (C=O) groups excluding carboxylic acids is 1. The number of aromatic nitrogens is 3. The van der Waals surface area contributed by atoms with Crippen molar-refractivity contribution in [3.63, 3.8) is 0 Å². The third-order valence-corrected chi connectivity index (χ3v) is 4.02. The standard InChI is InChI=1S/C19H18ClN5O2/c1-27-18(26)15-4-2-3-5-16(15)23-17-12-22-25-19(24-17)21-11-10-13-6-8-14(20)9-7-13/h2-9,12H,10-11H2,1H3,(H2,21,23,24,25). The highest BCUT2D eigenvalue weighted by Gasteiger charge is 2.12. The Balaban J connectivity index is 1.64. The molecule has 27 heavy (non-hydrogen) atoms. The second kappa shape index (κ2) is 8.95. The molecule has 0 amide bonds. The van der Waals surface area contributed by atoms with E-state index in [0.29, 0.717) is 34.6 Å². The van der Waals surface area contributed by atoms with Crippen molar-refractivity contribution in [1.82, 2.24) is 15.2 Å². The number of hydrogen-bond donors (Lipinski definition) is 2. The average Bonchev–Trinajstić information content (AvgIpc) is 2.70. The molecule has 3 rings (SSSR count). The van der Waals surface area contributed by atoms with Crippen molar-refractivity contribution in [2.45, 2.75) is 6.42 Å². The summed E-state index contributed by atoms with van der Waals surface area (Å²) in [7, 11) is 1.34. The third-order valence-electron chi connectivity index (χ3n) is 3.76. The molecule has 0 radical (unpaired) electrons. The van der Waals surface area contributed by atoms with Crippen molar-refractivity contribution >= 4 is 35.0 Å². The monoisotopic (exact) mass is 383 g/mol. The Morgan fingerprint density at radius 1 is 1.15 bits per heavy atom. The van der Waals surface area contributed by atoms with E-state index in [0.717, 1.165) is 12.0 Å². The smallest absolute Gasteiger partial charge is 0.339 e. The lowest BCUT2D eigenvalue weighted by Gasteiger charge is -2.10. The van der Waals surface area contributed by atoms with E-state index in [4.69, 9.17) is 16.3 Å². The van der Waals surface area contributed by atoms with Crippen molar-refractivity contribution in [1.29, 1.82) is 0 Å². The summed E-state index contributed by atoms with van der Waals surface area (Å²) < 4.78 is 4.79. The molecule has 1 aromatic heterocycles. The molecule has 0 atom stereocenters. The van der Waals surface area contributed by atoms with Crippen LogP contribution >= 0.6 is 11.6 Å². The molecule has 3 aromatic rings. The Labute approximate surface area is 161 Å². The topological polar surface area (TPSA) is 89.0 Å². The number of para-hydroxylation sites is 1. The normalized spacial score (nSPS) is 10.3. The van der Waals surface area contributed by atoms with Crippen LogP contribution in [0.25, 0.3) is 0 Å². The summed E-state index contributed by atoms with van der Waals surface area (Å²) in [4.78, 5) is 16.2. The lowest BCUT2D eigenvalue weighted by molar-refractivity contribution is 0.0602. The molecule has 0 aliphatic carbocycles. The molecule has 0 fully saturated rings. The van der Waals surface area contributed by atoms with Crippen LogP contribution in [-0.2, 0) is 11.2 Å². The van der Waals surface area contributed by atoms with Gasteiger partial charge in [-0.05, 0) is 36.2 Å². The summed E-state index contributed by atoms with van der Waals surface area (Å²) in [5.41, 5.74) is 2.15. The van der Waals surface area contributed by atoms with Gasteiger partial charge in [-0.25, -0.2) is 4.79 Å². The van der Waals surface area contributed by atoms with E-state index in [2.05, 4.69) is 25.8 Å². The fraction of sp³-hybridized carbons (Fsp3) is 0.158.